The quantitative estimate of drug-likeness (QED) is 0.894. The van der Waals surface area contributed by atoms with Gasteiger partial charge in [-0.15, -0.1) is 0 Å². The molecule has 0 radical (unpaired) electrons. The molecule has 2 aromatic rings. The first-order valence-corrected chi connectivity index (χ1v) is 8.71. The summed E-state index contributed by atoms with van der Waals surface area (Å²) in [5.74, 6) is 0.743. The second-order valence-electron chi connectivity index (χ2n) is 6.60. The lowest BCUT2D eigenvalue weighted by Gasteiger charge is -2.22. The first-order chi connectivity index (χ1) is 11.6. The van der Waals surface area contributed by atoms with Gasteiger partial charge in [-0.3, -0.25) is 4.79 Å². The number of anilines is 1. The molecule has 0 aliphatic heterocycles. The van der Waals surface area contributed by atoms with E-state index in [1.54, 1.807) is 0 Å². The van der Waals surface area contributed by atoms with E-state index < -0.39 is 6.10 Å². The van der Waals surface area contributed by atoms with Crippen molar-refractivity contribution in [2.75, 3.05) is 5.32 Å². The van der Waals surface area contributed by atoms with E-state index in [4.69, 9.17) is 4.74 Å². The first kappa shape index (κ1) is 16.6. The molecule has 3 heteroatoms. The van der Waals surface area contributed by atoms with Crippen molar-refractivity contribution in [3.8, 4) is 5.75 Å². The molecule has 24 heavy (non-hydrogen) atoms. The van der Waals surface area contributed by atoms with E-state index in [0.29, 0.717) is 0 Å². The predicted octanol–water partition coefficient (Wildman–Crippen LogP) is 4.59. The molecular weight excluding hydrogens is 298 g/mol. The van der Waals surface area contributed by atoms with Crippen LogP contribution in [-0.2, 0) is 17.6 Å². The summed E-state index contributed by atoms with van der Waals surface area (Å²) in [5, 5.41) is 2.99. The number of rotatable bonds is 4. The van der Waals surface area contributed by atoms with Gasteiger partial charge >= 0.3 is 0 Å². The molecule has 3 rings (SSSR count). The van der Waals surface area contributed by atoms with E-state index in [0.717, 1.165) is 29.8 Å². The Morgan fingerprint density at radius 1 is 1.08 bits per heavy atom. The number of nitrogens with one attached hydrogen (secondary N) is 1. The number of amides is 1. The Labute approximate surface area is 144 Å². The Morgan fingerprint density at radius 3 is 2.67 bits per heavy atom. The van der Waals surface area contributed by atoms with Gasteiger partial charge in [0.2, 0.25) is 0 Å². The lowest BCUT2D eigenvalue weighted by Crippen LogP contribution is -2.31. The van der Waals surface area contributed by atoms with Crippen LogP contribution in [-0.4, -0.2) is 12.0 Å². The van der Waals surface area contributed by atoms with Crippen LogP contribution >= 0.6 is 0 Å². The largest absolute Gasteiger partial charge is 0.481 e. The Kier molecular flexibility index (Phi) is 4.89. The number of hydrogen-bond donors (Lipinski definition) is 1. The van der Waals surface area contributed by atoms with Gasteiger partial charge in [-0.05, 0) is 80.8 Å². The van der Waals surface area contributed by atoms with Gasteiger partial charge in [0.15, 0.2) is 6.10 Å². The number of fused-ring (bicyclic) bond motifs is 1. The smallest absolute Gasteiger partial charge is 0.265 e. The molecule has 1 atom stereocenters. The molecule has 1 N–H and O–H groups in total. The zero-order chi connectivity index (χ0) is 17.1. The van der Waals surface area contributed by atoms with Gasteiger partial charge in [0, 0.05) is 5.69 Å². The molecule has 0 heterocycles. The zero-order valence-electron chi connectivity index (χ0n) is 14.7. The highest BCUT2D eigenvalue weighted by Crippen LogP contribution is 2.30. The van der Waals surface area contributed by atoms with Crippen LogP contribution in [0.4, 0.5) is 5.69 Å². The minimum Gasteiger partial charge on any atom is -0.481 e. The summed E-state index contributed by atoms with van der Waals surface area (Å²) in [4.78, 5) is 12.5. The van der Waals surface area contributed by atoms with Crippen molar-refractivity contribution < 1.29 is 9.53 Å². The maximum absolute atomic E-state index is 12.5. The van der Waals surface area contributed by atoms with Crippen LogP contribution in [0.25, 0.3) is 0 Å². The van der Waals surface area contributed by atoms with Crippen LogP contribution in [0.15, 0.2) is 36.4 Å². The van der Waals surface area contributed by atoms with Gasteiger partial charge in [-0.1, -0.05) is 24.3 Å². The number of carbonyl (C=O) groups excluding carboxylic acids is 1. The third-order valence-electron chi connectivity index (χ3n) is 4.89. The summed E-state index contributed by atoms with van der Waals surface area (Å²) in [6.07, 6.45) is 4.04. The Morgan fingerprint density at radius 2 is 1.83 bits per heavy atom. The second kappa shape index (κ2) is 7.08. The van der Waals surface area contributed by atoms with Crippen LogP contribution in [0, 0.1) is 13.8 Å². The van der Waals surface area contributed by atoms with Crippen LogP contribution < -0.4 is 10.1 Å². The molecule has 126 valence electrons. The lowest BCUT2D eigenvalue weighted by atomic mass is 9.91. The molecule has 0 fully saturated rings. The molecule has 0 spiro atoms. The predicted molar refractivity (Wildman–Crippen MR) is 97.7 cm³/mol. The van der Waals surface area contributed by atoms with E-state index in [9.17, 15) is 4.79 Å². The zero-order valence-corrected chi connectivity index (χ0v) is 14.7. The van der Waals surface area contributed by atoms with Gasteiger partial charge in [-0.2, -0.15) is 0 Å². The molecule has 0 aromatic heterocycles. The normalized spacial score (nSPS) is 14.6. The van der Waals surface area contributed by atoms with Gasteiger partial charge in [0.25, 0.3) is 5.91 Å². The molecule has 1 amide bonds. The van der Waals surface area contributed by atoms with E-state index in [2.05, 4.69) is 11.4 Å². The number of ether oxygens (including phenoxy) is 1. The van der Waals surface area contributed by atoms with Crippen molar-refractivity contribution >= 4 is 11.6 Å². The van der Waals surface area contributed by atoms with Crippen molar-refractivity contribution in [1.82, 2.24) is 0 Å². The summed E-state index contributed by atoms with van der Waals surface area (Å²) in [7, 11) is 0. The molecule has 1 unspecified atom stereocenters. The van der Waals surface area contributed by atoms with Gasteiger partial charge < -0.3 is 10.1 Å². The van der Waals surface area contributed by atoms with Gasteiger partial charge in [-0.25, -0.2) is 0 Å². The Balaban J connectivity index is 1.72. The monoisotopic (exact) mass is 323 g/mol. The van der Waals surface area contributed by atoms with Gasteiger partial charge in [0.05, 0.1) is 0 Å². The highest BCUT2D eigenvalue weighted by Gasteiger charge is 2.20. The van der Waals surface area contributed by atoms with Crippen LogP contribution in [0.3, 0.4) is 0 Å². The Hall–Kier alpha value is -2.29. The highest BCUT2D eigenvalue weighted by atomic mass is 16.5. The standard InChI is InChI=1S/C21H25NO2/c1-14-8-6-12-19(15(14)2)22-21(23)16(3)24-20-13-7-10-17-9-4-5-11-18(17)20/h6-8,10,12-13,16H,4-5,9,11H2,1-3H3,(H,22,23). The number of hydrogen-bond acceptors (Lipinski definition) is 2. The number of carbonyl (C=O) groups is 1. The SMILES string of the molecule is Cc1cccc(NC(=O)C(C)Oc2cccc3c2CCCC3)c1C. The molecule has 2 aromatic carbocycles. The van der Waals surface area contributed by atoms with Crippen molar-refractivity contribution in [1.29, 1.82) is 0 Å². The highest BCUT2D eigenvalue weighted by molar-refractivity contribution is 5.94. The molecule has 0 bridgehead atoms. The molecular formula is C21H25NO2. The summed E-state index contributed by atoms with van der Waals surface area (Å²) < 4.78 is 6.00. The van der Waals surface area contributed by atoms with Crippen molar-refractivity contribution in [3.05, 3.63) is 58.7 Å². The molecule has 0 saturated carbocycles. The summed E-state index contributed by atoms with van der Waals surface area (Å²) in [6, 6.07) is 12.1. The average molecular weight is 323 g/mol. The average Bonchev–Trinajstić information content (AvgIpc) is 2.59. The fraction of sp³-hybridized carbons (Fsp3) is 0.381. The lowest BCUT2D eigenvalue weighted by molar-refractivity contribution is -0.122. The van der Waals surface area contributed by atoms with Crippen LogP contribution in [0.5, 0.6) is 5.75 Å². The van der Waals surface area contributed by atoms with E-state index in [-0.39, 0.29) is 5.91 Å². The fourth-order valence-electron chi connectivity index (χ4n) is 3.22. The Bertz CT molecular complexity index is 751. The van der Waals surface area contributed by atoms with Crippen LogP contribution in [0.1, 0.15) is 42.0 Å². The molecule has 1 aliphatic carbocycles. The maximum atomic E-state index is 12.5. The third-order valence-corrected chi connectivity index (χ3v) is 4.89. The number of aryl methyl sites for hydroxylation is 2. The molecule has 1 aliphatic rings. The second-order valence-corrected chi connectivity index (χ2v) is 6.60. The fourth-order valence-corrected chi connectivity index (χ4v) is 3.22. The van der Waals surface area contributed by atoms with Gasteiger partial charge in [0.1, 0.15) is 5.75 Å². The van der Waals surface area contributed by atoms with Crippen molar-refractivity contribution in [3.63, 3.8) is 0 Å². The van der Waals surface area contributed by atoms with E-state index in [1.807, 2.05) is 51.1 Å². The summed E-state index contributed by atoms with van der Waals surface area (Å²) >= 11 is 0. The maximum Gasteiger partial charge on any atom is 0.265 e. The minimum atomic E-state index is -0.529. The third kappa shape index (κ3) is 3.45. The minimum absolute atomic E-state index is 0.114. The van der Waals surface area contributed by atoms with E-state index in [1.165, 1.54) is 29.5 Å². The topological polar surface area (TPSA) is 38.3 Å². The van der Waals surface area contributed by atoms with Crippen molar-refractivity contribution in [2.24, 2.45) is 0 Å². The molecule has 3 nitrogen and oxygen atoms in total. The van der Waals surface area contributed by atoms with Crippen molar-refractivity contribution in [2.45, 2.75) is 52.6 Å². The first-order valence-electron chi connectivity index (χ1n) is 8.71. The van der Waals surface area contributed by atoms with E-state index >= 15 is 0 Å². The summed E-state index contributed by atoms with van der Waals surface area (Å²) in [5.41, 5.74) is 5.75. The molecule has 0 saturated heterocycles. The summed E-state index contributed by atoms with van der Waals surface area (Å²) in [6.45, 7) is 5.87. The van der Waals surface area contributed by atoms with Crippen LogP contribution in [0.2, 0.25) is 0 Å². The number of benzene rings is 2.